The molecule has 0 unspecified atom stereocenters. The van der Waals surface area contributed by atoms with Crippen LogP contribution in [0.3, 0.4) is 0 Å². The van der Waals surface area contributed by atoms with E-state index in [0.29, 0.717) is 36.6 Å². The third-order valence-corrected chi connectivity index (χ3v) is 8.19. The molecular formula is C31H35FN6O4S. The first-order chi connectivity index (χ1) is 20.7. The number of rotatable bonds is 12. The molecule has 43 heavy (non-hydrogen) atoms. The van der Waals surface area contributed by atoms with Crippen LogP contribution in [0.25, 0.3) is 20.8 Å². The molecule has 3 amide bonds. The molecular weight excluding hydrogens is 571 g/mol. The van der Waals surface area contributed by atoms with Gasteiger partial charge in [-0.05, 0) is 48.6 Å². The van der Waals surface area contributed by atoms with Crippen molar-refractivity contribution in [3.05, 3.63) is 66.2 Å². The number of ether oxygens (including phenoxy) is 2. The van der Waals surface area contributed by atoms with Crippen molar-refractivity contribution in [2.45, 2.75) is 45.3 Å². The van der Waals surface area contributed by atoms with E-state index in [4.69, 9.17) is 15.2 Å². The van der Waals surface area contributed by atoms with Gasteiger partial charge in [0.1, 0.15) is 5.75 Å². The predicted octanol–water partition coefficient (Wildman–Crippen LogP) is 5.53. The SMILES string of the molecule is COCCN(Cc1ccc(-c2cc3nccc(Oc4ccc(NC(=O)NC5CC5)cc4F)c3s2)nc1)C(=O)[C@@H](N)C(C)C. The molecule has 0 bridgehead atoms. The highest BCUT2D eigenvalue weighted by molar-refractivity contribution is 7.22. The van der Waals surface area contributed by atoms with Gasteiger partial charge in [-0.25, -0.2) is 9.18 Å². The summed E-state index contributed by atoms with van der Waals surface area (Å²) >= 11 is 1.43. The van der Waals surface area contributed by atoms with Gasteiger partial charge in [-0.2, -0.15) is 0 Å². The van der Waals surface area contributed by atoms with Crippen LogP contribution in [-0.2, 0) is 16.1 Å². The predicted molar refractivity (Wildman–Crippen MR) is 165 cm³/mol. The number of nitrogens with one attached hydrogen (secondary N) is 2. The van der Waals surface area contributed by atoms with E-state index < -0.39 is 11.9 Å². The number of amides is 3. The van der Waals surface area contributed by atoms with Crippen LogP contribution in [0.2, 0.25) is 0 Å². The van der Waals surface area contributed by atoms with E-state index >= 15 is 0 Å². The normalized spacial score (nSPS) is 13.6. The molecule has 0 saturated heterocycles. The minimum Gasteiger partial charge on any atom is -0.453 e. The fourth-order valence-electron chi connectivity index (χ4n) is 4.33. The number of hydrogen-bond donors (Lipinski definition) is 3. The highest BCUT2D eigenvalue weighted by atomic mass is 32.1. The molecule has 3 aromatic heterocycles. The smallest absolute Gasteiger partial charge is 0.319 e. The van der Waals surface area contributed by atoms with Gasteiger partial charge in [0.05, 0.1) is 33.4 Å². The van der Waals surface area contributed by atoms with Crippen molar-refractivity contribution in [3.63, 3.8) is 0 Å². The highest BCUT2D eigenvalue weighted by Crippen LogP contribution is 2.39. The lowest BCUT2D eigenvalue weighted by molar-refractivity contribution is -0.134. The molecule has 0 radical (unpaired) electrons. The lowest BCUT2D eigenvalue weighted by atomic mass is 10.0. The average molecular weight is 607 g/mol. The molecule has 5 rings (SSSR count). The molecule has 1 aromatic carbocycles. The molecule has 1 aliphatic rings. The van der Waals surface area contributed by atoms with Gasteiger partial charge in [-0.3, -0.25) is 14.8 Å². The van der Waals surface area contributed by atoms with E-state index in [2.05, 4.69) is 20.6 Å². The Bertz CT molecular complexity index is 1590. The Morgan fingerprint density at radius 2 is 1.95 bits per heavy atom. The molecule has 1 aliphatic carbocycles. The third-order valence-electron chi connectivity index (χ3n) is 7.03. The van der Waals surface area contributed by atoms with Crippen LogP contribution in [0, 0.1) is 11.7 Å². The summed E-state index contributed by atoms with van der Waals surface area (Å²) in [6.07, 6.45) is 5.28. The minimum atomic E-state index is -0.601. The van der Waals surface area contributed by atoms with Crippen molar-refractivity contribution < 1.29 is 23.5 Å². The average Bonchev–Trinajstić information content (AvgIpc) is 3.69. The van der Waals surface area contributed by atoms with Crippen molar-refractivity contribution in [1.82, 2.24) is 20.2 Å². The highest BCUT2D eigenvalue weighted by Gasteiger charge is 2.24. The van der Waals surface area contributed by atoms with Crippen LogP contribution in [0.4, 0.5) is 14.9 Å². The number of nitrogens with two attached hydrogens (primary N) is 1. The minimum absolute atomic E-state index is 0.0196. The number of pyridine rings is 2. The summed E-state index contributed by atoms with van der Waals surface area (Å²) in [5.41, 5.74) is 8.76. The Morgan fingerprint density at radius 1 is 1.14 bits per heavy atom. The van der Waals surface area contributed by atoms with Crippen LogP contribution >= 0.6 is 11.3 Å². The summed E-state index contributed by atoms with van der Waals surface area (Å²) in [5.74, 6) is -0.219. The number of aromatic nitrogens is 2. The maximum absolute atomic E-state index is 14.9. The number of hydrogen-bond acceptors (Lipinski definition) is 8. The maximum atomic E-state index is 14.9. The molecule has 10 nitrogen and oxygen atoms in total. The monoisotopic (exact) mass is 606 g/mol. The van der Waals surface area contributed by atoms with E-state index in [-0.39, 0.29) is 29.6 Å². The molecule has 1 fully saturated rings. The lowest BCUT2D eigenvalue weighted by Gasteiger charge is -2.27. The van der Waals surface area contributed by atoms with E-state index in [1.165, 1.54) is 23.5 Å². The van der Waals surface area contributed by atoms with Crippen molar-refractivity contribution in [1.29, 1.82) is 0 Å². The number of nitrogens with zero attached hydrogens (tertiary/aromatic N) is 3. The van der Waals surface area contributed by atoms with E-state index in [1.54, 1.807) is 36.5 Å². The zero-order valence-corrected chi connectivity index (χ0v) is 25.1. The molecule has 226 valence electrons. The van der Waals surface area contributed by atoms with Crippen molar-refractivity contribution in [2.24, 2.45) is 11.7 Å². The van der Waals surface area contributed by atoms with Crippen molar-refractivity contribution in [3.8, 4) is 22.1 Å². The second kappa shape index (κ2) is 13.4. The van der Waals surface area contributed by atoms with Crippen LogP contribution in [0.15, 0.2) is 54.9 Å². The van der Waals surface area contributed by atoms with Crippen LogP contribution in [0.1, 0.15) is 32.3 Å². The molecule has 0 aliphatic heterocycles. The molecule has 4 aromatic rings. The molecule has 1 atom stereocenters. The Kier molecular flexibility index (Phi) is 9.49. The second-order valence-electron chi connectivity index (χ2n) is 10.8. The first-order valence-electron chi connectivity index (χ1n) is 14.1. The van der Waals surface area contributed by atoms with Gasteiger partial charge in [-0.15, -0.1) is 11.3 Å². The lowest BCUT2D eigenvalue weighted by Crippen LogP contribution is -2.47. The zero-order valence-electron chi connectivity index (χ0n) is 24.3. The maximum Gasteiger partial charge on any atom is 0.319 e. The number of carbonyl (C=O) groups excluding carboxylic acids is 2. The Hall–Kier alpha value is -4.13. The van der Waals surface area contributed by atoms with E-state index in [9.17, 15) is 14.0 Å². The van der Waals surface area contributed by atoms with Gasteiger partial charge in [0.25, 0.3) is 0 Å². The van der Waals surface area contributed by atoms with Gasteiger partial charge in [0.2, 0.25) is 5.91 Å². The first-order valence-corrected chi connectivity index (χ1v) is 15.0. The van der Waals surface area contributed by atoms with Crippen molar-refractivity contribution in [2.75, 3.05) is 25.6 Å². The van der Waals surface area contributed by atoms with Crippen molar-refractivity contribution >= 4 is 39.2 Å². The summed E-state index contributed by atoms with van der Waals surface area (Å²) < 4.78 is 26.8. The third kappa shape index (κ3) is 7.64. The number of halogens is 1. The van der Waals surface area contributed by atoms with Gasteiger partial charge in [0.15, 0.2) is 11.6 Å². The quantitative estimate of drug-likeness (QED) is 0.193. The Labute approximate surface area is 253 Å². The first kappa shape index (κ1) is 30.3. The number of thiophene rings is 1. The second-order valence-corrected chi connectivity index (χ2v) is 11.9. The van der Waals surface area contributed by atoms with Gasteiger partial charge in [-0.1, -0.05) is 19.9 Å². The Morgan fingerprint density at radius 3 is 2.63 bits per heavy atom. The summed E-state index contributed by atoms with van der Waals surface area (Å²) in [7, 11) is 1.60. The standard InChI is InChI=1S/C31H35FN6O4S/c1-18(2)28(33)30(39)38(12-13-41-3)17-19-4-8-23(35-16-19)27-15-24-29(43-27)26(10-11-34-24)42-25-9-7-21(14-22(25)32)37-31(40)36-20-5-6-20/h4,7-11,14-16,18,20,28H,5-6,12-13,17,33H2,1-3H3,(H2,36,37,40)/t28-/m0/s1. The Balaban J connectivity index is 1.29. The van der Waals surface area contributed by atoms with Crippen LogP contribution in [0.5, 0.6) is 11.5 Å². The number of fused-ring (bicyclic) bond motifs is 1. The number of benzene rings is 1. The summed E-state index contributed by atoms with van der Waals surface area (Å²) in [6, 6.07) is 11.0. The summed E-state index contributed by atoms with van der Waals surface area (Å²) in [6.45, 7) is 5.05. The molecule has 1 saturated carbocycles. The molecule has 4 N–H and O–H groups in total. The number of carbonyl (C=O) groups is 2. The van der Waals surface area contributed by atoms with E-state index in [1.807, 2.05) is 32.0 Å². The number of methoxy groups -OCH3 is 1. The van der Waals surface area contributed by atoms with Gasteiger partial charge in [0, 0.05) is 56.5 Å². The zero-order chi connectivity index (χ0) is 30.5. The fraction of sp³-hybridized carbons (Fsp3) is 0.355. The van der Waals surface area contributed by atoms with Crippen LogP contribution < -0.4 is 21.1 Å². The molecule has 0 spiro atoms. The van der Waals surface area contributed by atoms with Crippen LogP contribution in [-0.4, -0.2) is 59.2 Å². The summed E-state index contributed by atoms with van der Waals surface area (Å²) in [4.78, 5) is 36.6. The topological polar surface area (TPSA) is 132 Å². The summed E-state index contributed by atoms with van der Waals surface area (Å²) in [5, 5.41) is 5.45. The molecule has 12 heteroatoms. The number of anilines is 1. The largest absolute Gasteiger partial charge is 0.453 e. The van der Waals surface area contributed by atoms with E-state index in [0.717, 1.165) is 33.7 Å². The van der Waals surface area contributed by atoms with Gasteiger partial charge < -0.3 is 30.7 Å². The van der Waals surface area contributed by atoms with Gasteiger partial charge >= 0.3 is 6.03 Å². The fourth-order valence-corrected chi connectivity index (χ4v) is 5.37. The number of urea groups is 1. The molecule has 3 heterocycles.